The van der Waals surface area contributed by atoms with E-state index in [9.17, 15) is 57.8 Å². The highest BCUT2D eigenvalue weighted by molar-refractivity contribution is 5.99. The van der Waals surface area contributed by atoms with E-state index in [1.54, 1.807) is 46.8 Å². The summed E-state index contributed by atoms with van der Waals surface area (Å²) < 4.78 is 0. The fourth-order valence-corrected chi connectivity index (χ4v) is 8.86. The molecule has 10 atom stereocenters. The van der Waals surface area contributed by atoms with E-state index in [2.05, 4.69) is 21.3 Å². The predicted molar refractivity (Wildman–Crippen MR) is 283 cm³/mol. The Labute approximate surface area is 445 Å². The molecule has 1 aliphatic heterocycles. The van der Waals surface area contributed by atoms with Crippen molar-refractivity contribution in [2.75, 3.05) is 69.0 Å². The maximum atomic E-state index is 15.0. The first-order valence-corrected chi connectivity index (χ1v) is 26.0. The first-order valence-electron chi connectivity index (χ1n) is 26.0. The van der Waals surface area contributed by atoms with Crippen LogP contribution in [0.5, 0.6) is 0 Å². The van der Waals surface area contributed by atoms with Gasteiger partial charge in [0.1, 0.15) is 48.3 Å². The molecule has 5 N–H and O–H groups in total. The molecular weight excluding hydrogens is 971 g/mol. The van der Waals surface area contributed by atoms with E-state index < -0.39 is 151 Å². The second kappa shape index (κ2) is 30.4. The van der Waals surface area contributed by atoms with Crippen molar-refractivity contribution in [3.8, 4) is 0 Å². The van der Waals surface area contributed by atoms with E-state index in [-0.39, 0.29) is 31.1 Å². The van der Waals surface area contributed by atoms with Crippen LogP contribution in [0.1, 0.15) is 109 Å². The highest BCUT2D eigenvalue weighted by Gasteiger charge is 2.45. The lowest BCUT2D eigenvalue weighted by Gasteiger charge is -2.41. The summed E-state index contributed by atoms with van der Waals surface area (Å²) in [4.78, 5) is 161. The summed E-state index contributed by atoms with van der Waals surface area (Å²) in [5.41, 5.74) is 0. The molecule has 23 nitrogen and oxygen atoms in total. The SMILES string of the molecule is C/C=C/C[C@@H](C)[C@@H](O)[C@H]1C(=O)N[C@@H](CC)C(=O)N(C)CC(=O)N(C)CC(=O)N[C@@H](C)C(=O)N(C)CC(=O)N[C@@H](C)C(=O)N[C@H](C)C(=O)N(C)[C@@H](CC(C)C)C(=O)N(C)[C@H](CC(C)C)C(=O)N(C)[C@@H](C(C)C)C(=O)N1C. The van der Waals surface area contributed by atoms with Gasteiger partial charge in [-0.2, -0.15) is 0 Å². The van der Waals surface area contributed by atoms with Gasteiger partial charge in [-0.3, -0.25) is 52.7 Å². The summed E-state index contributed by atoms with van der Waals surface area (Å²) in [6, 6.07) is -9.91. The Morgan fingerprint density at radius 1 is 0.520 bits per heavy atom. The van der Waals surface area contributed by atoms with Gasteiger partial charge in [-0.05, 0) is 77.0 Å². The highest BCUT2D eigenvalue weighted by Crippen LogP contribution is 2.25. The van der Waals surface area contributed by atoms with Gasteiger partial charge < -0.3 is 60.7 Å². The molecule has 1 aliphatic rings. The number of likely N-dealkylation sites (N-methyl/N-ethyl adjacent to an activating group) is 7. The monoisotopic (exact) mass is 1060 g/mol. The van der Waals surface area contributed by atoms with Crippen molar-refractivity contribution in [3.63, 3.8) is 0 Å². The molecule has 0 aromatic rings. The van der Waals surface area contributed by atoms with Gasteiger partial charge in [0.25, 0.3) is 0 Å². The molecule has 1 saturated heterocycles. The van der Waals surface area contributed by atoms with Crippen molar-refractivity contribution in [2.45, 2.75) is 163 Å². The summed E-state index contributed by atoms with van der Waals surface area (Å²) >= 11 is 0. The van der Waals surface area contributed by atoms with Gasteiger partial charge in [0.15, 0.2) is 0 Å². The van der Waals surface area contributed by atoms with Crippen LogP contribution >= 0.6 is 0 Å². The largest absolute Gasteiger partial charge is 0.390 e. The minimum absolute atomic E-state index is 0.0301. The molecule has 0 aromatic carbocycles. The lowest BCUT2D eigenvalue weighted by atomic mass is 9.91. The fourth-order valence-electron chi connectivity index (χ4n) is 8.86. The molecule has 1 fully saturated rings. The summed E-state index contributed by atoms with van der Waals surface area (Å²) in [5.74, 6) is -9.14. The van der Waals surface area contributed by atoms with Crippen molar-refractivity contribution >= 4 is 65.0 Å². The average Bonchev–Trinajstić information content (AvgIpc) is 3.32. The maximum absolute atomic E-state index is 15.0. The highest BCUT2D eigenvalue weighted by atomic mass is 16.3. The molecule has 23 heteroatoms. The third kappa shape index (κ3) is 19.2. The molecule has 0 spiro atoms. The molecule has 0 aliphatic carbocycles. The van der Waals surface area contributed by atoms with E-state index in [0.717, 1.165) is 19.6 Å². The van der Waals surface area contributed by atoms with Crippen molar-refractivity contribution in [1.82, 2.24) is 55.6 Å². The van der Waals surface area contributed by atoms with Crippen LogP contribution in [0.3, 0.4) is 0 Å². The molecule has 0 saturated carbocycles. The Kier molecular flexibility index (Phi) is 27.1. The first kappa shape index (κ1) is 66.9. The number of aliphatic hydroxyl groups is 1. The Bertz CT molecular complexity index is 2070. The smallest absolute Gasteiger partial charge is 0.246 e. The van der Waals surface area contributed by atoms with Crippen LogP contribution in [0.25, 0.3) is 0 Å². The number of nitrogens with zero attached hydrogens (tertiary/aromatic N) is 7. The van der Waals surface area contributed by atoms with Crippen molar-refractivity contribution in [2.24, 2.45) is 23.7 Å². The Hall–Kier alpha value is -6.13. The van der Waals surface area contributed by atoms with Crippen molar-refractivity contribution in [3.05, 3.63) is 12.2 Å². The van der Waals surface area contributed by atoms with Crippen LogP contribution in [0, 0.1) is 23.7 Å². The van der Waals surface area contributed by atoms with Gasteiger partial charge >= 0.3 is 0 Å². The molecule has 0 aromatic heterocycles. The zero-order valence-corrected chi connectivity index (χ0v) is 48.2. The van der Waals surface area contributed by atoms with E-state index in [4.69, 9.17) is 0 Å². The number of allylic oxidation sites excluding steroid dienone is 2. The first-order chi connectivity index (χ1) is 34.7. The van der Waals surface area contributed by atoms with Crippen LogP contribution in [-0.4, -0.2) is 228 Å². The van der Waals surface area contributed by atoms with Crippen LogP contribution in [0.4, 0.5) is 0 Å². The molecule has 1 rings (SSSR count). The van der Waals surface area contributed by atoms with E-state index in [0.29, 0.717) is 6.42 Å². The lowest BCUT2D eigenvalue weighted by molar-refractivity contribution is -0.157. The van der Waals surface area contributed by atoms with E-state index in [1.807, 2.05) is 27.7 Å². The summed E-state index contributed by atoms with van der Waals surface area (Å²) in [6.07, 6.45) is 2.74. The number of rotatable bonds is 10. The topological polar surface area (TPSA) is 279 Å². The maximum Gasteiger partial charge on any atom is 0.246 e. The molecule has 11 amide bonds. The Morgan fingerprint density at radius 3 is 1.44 bits per heavy atom. The Morgan fingerprint density at radius 2 is 0.960 bits per heavy atom. The second-order valence-corrected chi connectivity index (χ2v) is 21.4. The van der Waals surface area contributed by atoms with Crippen LogP contribution < -0.4 is 21.3 Å². The summed E-state index contributed by atoms with van der Waals surface area (Å²) in [5, 5.41) is 22.2. The van der Waals surface area contributed by atoms with Gasteiger partial charge in [-0.25, -0.2) is 0 Å². The van der Waals surface area contributed by atoms with Crippen molar-refractivity contribution in [1.29, 1.82) is 0 Å². The molecule has 1 heterocycles. The molecule has 426 valence electrons. The van der Waals surface area contributed by atoms with Crippen LogP contribution in [-0.2, 0) is 52.7 Å². The molecule has 0 bridgehead atoms. The molecule has 0 radical (unpaired) electrons. The number of aliphatic hydroxyl groups excluding tert-OH is 1. The van der Waals surface area contributed by atoms with Crippen LogP contribution in [0.15, 0.2) is 12.2 Å². The lowest BCUT2D eigenvalue weighted by Crippen LogP contribution is -2.63. The summed E-state index contributed by atoms with van der Waals surface area (Å²) in [6.45, 7) is 18.6. The average molecular weight is 1060 g/mol. The number of carbonyl (C=O) groups is 11. The zero-order valence-electron chi connectivity index (χ0n) is 48.2. The van der Waals surface area contributed by atoms with E-state index in [1.165, 1.54) is 84.8 Å². The van der Waals surface area contributed by atoms with E-state index >= 15 is 0 Å². The number of hydrogen-bond acceptors (Lipinski definition) is 12. The van der Waals surface area contributed by atoms with Gasteiger partial charge in [0, 0.05) is 49.3 Å². The number of carbonyl (C=O) groups excluding carboxylic acids is 11. The van der Waals surface area contributed by atoms with Crippen LogP contribution in [0.2, 0.25) is 0 Å². The van der Waals surface area contributed by atoms with Gasteiger partial charge in [0.05, 0.1) is 25.7 Å². The number of nitrogens with one attached hydrogen (secondary N) is 4. The quantitative estimate of drug-likeness (QED) is 0.178. The number of amides is 11. The standard InChI is InChI=1S/C52H91N11O12/c1-20-22-23-32(9)44(67)43-46(69)56-36(21-2)49(72)59(15)28-41(66)57(13)26-39(64)54-34(11)47(70)58(14)27-40(65)53-33(10)45(68)55-35(12)48(71)60(16)37(24-29(3)4)50(73)61(17)38(25-30(5)6)51(74)62(18)42(31(7)8)52(75)63(43)19/h20,22,29-38,42-44,67H,21,23-28H2,1-19H3,(H,53,65)(H,54,64)(H,55,68)(H,56,69)/b22-20+/t32-,33+,34+,35-,36+,37+,38-,42+,43+,44-/m1/s1. The molecule has 0 unspecified atom stereocenters. The van der Waals surface area contributed by atoms with Crippen molar-refractivity contribution < 1.29 is 57.8 Å². The Balaban J connectivity index is 4.03. The third-order valence-electron chi connectivity index (χ3n) is 13.5. The summed E-state index contributed by atoms with van der Waals surface area (Å²) in [7, 11) is 9.60. The van der Waals surface area contributed by atoms with Gasteiger partial charge in [0.2, 0.25) is 65.0 Å². The minimum Gasteiger partial charge on any atom is -0.390 e. The minimum atomic E-state index is -1.60. The number of hydrogen-bond donors (Lipinski definition) is 5. The second-order valence-electron chi connectivity index (χ2n) is 21.4. The van der Waals surface area contributed by atoms with Gasteiger partial charge in [-0.1, -0.05) is 67.5 Å². The predicted octanol–water partition coefficient (Wildman–Crippen LogP) is -0.197. The fraction of sp³-hybridized carbons (Fsp3) is 0.750. The molecular formula is C52H91N11O12. The third-order valence-corrected chi connectivity index (χ3v) is 13.5. The zero-order chi connectivity index (χ0) is 58.1. The molecule has 75 heavy (non-hydrogen) atoms. The normalized spacial score (nSPS) is 26.7. The van der Waals surface area contributed by atoms with Gasteiger partial charge in [-0.15, -0.1) is 0 Å².